The summed E-state index contributed by atoms with van der Waals surface area (Å²) in [7, 11) is 0. The first-order valence-corrected chi connectivity index (χ1v) is 9.67. The van der Waals surface area contributed by atoms with E-state index >= 15 is 0 Å². The minimum absolute atomic E-state index is 0.0348. The van der Waals surface area contributed by atoms with E-state index in [2.05, 4.69) is 25.7 Å². The van der Waals surface area contributed by atoms with E-state index in [1.807, 2.05) is 56.5 Å². The number of pyridine rings is 1. The van der Waals surface area contributed by atoms with Crippen LogP contribution < -0.4 is 10.6 Å². The molecule has 9 heteroatoms. The summed E-state index contributed by atoms with van der Waals surface area (Å²) in [5.74, 6) is 1.59. The smallest absolute Gasteiger partial charge is 0.407 e. The standard InChI is InChI=1S/C19H29N7O2/c1-5-20-17(21-12-16-24-23-15-8-6-7-10-26(15)16)25-11-9-14(13-25)22-18(27)28-19(2,3)4/h6-8,10,14H,5,9,11-13H2,1-4H3,(H,20,21)(H,22,27). The molecule has 1 fully saturated rings. The Morgan fingerprint density at radius 1 is 1.36 bits per heavy atom. The number of nitrogens with one attached hydrogen (secondary N) is 2. The molecule has 3 rings (SSSR count). The van der Waals surface area contributed by atoms with Gasteiger partial charge < -0.3 is 20.3 Å². The molecule has 1 amide bonds. The van der Waals surface area contributed by atoms with Gasteiger partial charge in [0.25, 0.3) is 0 Å². The quantitative estimate of drug-likeness (QED) is 0.613. The third kappa shape index (κ3) is 5.11. The summed E-state index contributed by atoms with van der Waals surface area (Å²) < 4.78 is 7.28. The predicted molar refractivity (Wildman–Crippen MR) is 107 cm³/mol. The van der Waals surface area contributed by atoms with Crippen molar-refractivity contribution in [2.45, 2.75) is 52.3 Å². The summed E-state index contributed by atoms with van der Waals surface area (Å²) in [4.78, 5) is 18.9. The van der Waals surface area contributed by atoms with Crippen molar-refractivity contribution in [3.05, 3.63) is 30.2 Å². The molecule has 28 heavy (non-hydrogen) atoms. The SMILES string of the molecule is CCNC(=NCc1nnc2ccccn12)N1CCC(NC(=O)OC(C)(C)C)C1. The van der Waals surface area contributed by atoms with Crippen molar-refractivity contribution in [2.75, 3.05) is 19.6 Å². The maximum absolute atomic E-state index is 12.0. The summed E-state index contributed by atoms with van der Waals surface area (Å²) in [6.45, 7) is 10.3. The second-order valence-electron chi connectivity index (χ2n) is 7.79. The average molecular weight is 387 g/mol. The lowest BCUT2D eigenvalue weighted by Crippen LogP contribution is -2.44. The number of carbonyl (C=O) groups is 1. The number of amides is 1. The number of fused-ring (bicyclic) bond motifs is 1. The number of alkyl carbamates (subject to hydrolysis) is 1. The van der Waals surface area contributed by atoms with E-state index in [4.69, 9.17) is 9.73 Å². The third-order valence-electron chi connectivity index (χ3n) is 4.30. The molecule has 0 bridgehead atoms. The molecule has 2 aromatic heterocycles. The summed E-state index contributed by atoms with van der Waals surface area (Å²) in [5.41, 5.74) is 0.306. The van der Waals surface area contributed by atoms with Crippen LogP contribution in [-0.4, -0.2) is 62.8 Å². The molecule has 1 aliphatic rings. The molecule has 0 spiro atoms. The number of likely N-dealkylation sites (tertiary alicyclic amines) is 1. The van der Waals surface area contributed by atoms with Crippen LogP contribution >= 0.6 is 0 Å². The predicted octanol–water partition coefficient (Wildman–Crippen LogP) is 1.79. The number of nitrogens with zero attached hydrogens (tertiary/aromatic N) is 5. The molecule has 2 N–H and O–H groups in total. The molecule has 1 unspecified atom stereocenters. The molecule has 1 atom stereocenters. The normalized spacial score (nSPS) is 17.8. The maximum atomic E-state index is 12.0. The highest BCUT2D eigenvalue weighted by Gasteiger charge is 2.27. The van der Waals surface area contributed by atoms with Crippen molar-refractivity contribution in [2.24, 2.45) is 4.99 Å². The van der Waals surface area contributed by atoms with E-state index in [0.29, 0.717) is 13.1 Å². The van der Waals surface area contributed by atoms with Crippen LogP contribution in [0.25, 0.3) is 5.65 Å². The molecule has 2 aromatic rings. The fourth-order valence-corrected chi connectivity index (χ4v) is 3.11. The summed E-state index contributed by atoms with van der Waals surface area (Å²) in [6, 6.07) is 5.83. The van der Waals surface area contributed by atoms with Crippen LogP contribution in [0.1, 0.15) is 39.9 Å². The van der Waals surface area contributed by atoms with E-state index in [0.717, 1.165) is 36.9 Å². The van der Waals surface area contributed by atoms with E-state index in [9.17, 15) is 4.79 Å². The van der Waals surface area contributed by atoms with Crippen LogP contribution in [0.15, 0.2) is 29.4 Å². The first-order valence-electron chi connectivity index (χ1n) is 9.67. The Kier molecular flexibility index (Phi) is 6.01. The molecule has 9 nitrogen and oxygen atoms in total. The highest BCUT2D eigenvalue weighted by atomic mass is 16.6. The van der Waals surface area contributed by atoms with Crippen LogP contribution in [0.5, 0.6) is 0 Å². The van der Waals surface area contributed by atoms with Crippen LogP contribution in [-0.2, 0) is 11.3 Å². The van der Waals surface area contributed by atoms with Crippen LogP contribution in [0.4, 0.5) is 4.79 Å². The Morgan fingerprint density at radius 2 is 2.18 bits per heavy atom. The molecular formula is C19H29N7O2. The number of hydrogen-bond donors (Lipinski definition) is 2. The number of rotatable bonds is 4. The van der Waals surface area contributed by atoms with Crippen molar-refractivity contribution < 1.29 is 9.53 Å². The van der Waals surface area contributed by atoms with Crippen molar-refractivity contribution in [1.29, 1.82) is 0 Å². The Bertz CT molecular complexity index is 840. The lowest BCUT2D eigenvalue weighted by Gasteiger charge is -2.23. The molecular weight excluding hydrogens is 358 g/mol. The Balaban J connectivity index is 1.62. The van der Waals surface area contributed by atoms with Gasteiger partial charge in [0.15, 0.2) is 17.4 Å². The monoisotopic (exact) mass is 387 g/mol. The Labute approximate surface area is 165 Å². The summed E-state index contributed by atoms with van der Waals surface area (Å²) in [5, 5.41) is 14.7. The molecule has 1 saturated heterocycles. The van der Waals surface area contributed by atoms with Gasteiger partial charge >= 0.3 is 6.09 Å². The number of guanidine groups is 1. The van der Waals surface area contributed by atoms with Gasteiger partial charge in [-0.25, -0.2) is 9.79 Å². The zero-order valence-corrected chi connectivity index (χ0v) is 17.0. The largest absolute Gasteiger partial charge is 0.444 e. The summed E-state index contributed by atoms with van der Waals surface area (Å²) >= 11 is 0. The fourth-order valence-electron chi connectivity index (χ4n) is 3.11. The second kappa shape index (κ2) is 8.45. The molecule has 0 aliphatic carbocycles. The average Bonchev–Trinajstić information content (AvgIpc) is 3.24. The first-order chi connectivity index (χ1) is 13.4. The minimum Gasteiger partial charge on any atom is -0.444 e. The number of carbonyl (C=O) groups excluding carboxylic acids is 1. The van der Waals surface area contributed by atoms with Crippen molar-refractivity contribution >= 4 is 17.7 Å². The molecule has 152 valence electrons. The third-order valence-corrected chi connectivity index (χ3v) is 4.30. The Hall–Kier alpha value is -2.84. The molecule has 0 aromatic carbocycles. The van der Waals surface area contributed by atoms with Gasteiger partial charge in [-0.3, -0.25) is 4.40 Å². The van der Waals surface area contributed by atoms with Gasteiger partial charge in [0, 0.05) is 25.8 Å². The van der Waals surface area contributed by atoms with Crippen LogP contribution in [0.2, 0.25) is 0 Å². The van der Waals surface area contributed by atoms with Crippen molar-refractivity contribution in [1.82, 2.24) is 30.1 Å². The van der Waals surface area contributed by atoms with Crippen molar-refractivity contribution in [3.8, 4) is 0 Å². The maximum Gasteiger partial charge on any atom is 0.407 e. The van der Waals surface area contributed by atoms with E-state index < -0.39 is 5.60 Å². The van der Waals surface area contributed by atoms with Crippen LogP contribution in [0.3, 0.4) is 0 Å². The first kappa shape index (κ1) is 19.9. The van der Waals surface area contributed by atoms with Crippen LogP contribution in [0, 0.1) is 0 Å². The number of aromatic nitrogens is 3. The number of ether oxygens (including phenoxy) is 1. The lowest BCUT2D eigenvalue weighted by atomic mass is 10.2. The van der Waals surface area contributed by atoms with E-state index in [1.54, 1.807) is 0 Å². The van der Waals surface area contributed by atoms with Gasteiger partial charge in [0.05, 0.1) is 6.04 Å². The van der Waals surface area contributed by atoms with E-state index in [-0.39, 0.29) is 12.1 Å². The van der Waals surface area contributed by atoms with E-state index in [1.165, 1.54) is 0 Å². The zero-order valence-electron chi connectivity index (χ0n) is 17.0. The van der Waals surface area contributed by atoms with Gasteiger partial charge in [-0.05, 0) is 46.2 Å². The van der Waals surface area contributed by atoms with Gasteiger partial charge in [-0.1, -0.05) is 6.07 Å². The number of aliphatic imine (C=N–C) groups is 1. The second-order valence-corrected chi connectivity index (χ2v) is 7.79. The highest BCUT2D eigenvalue weighted by Crippen LogP contribution is 2.13. The lowest BCUT2D eigenvalue weighted by molar-refractivity contribution is 0.0507. The zero-order chi connectivity index (χ0) is 20.1. The van der Waals surface area contributed by atoms with Gasteiger partial charge in [-0.2, -0.15) is 0 Å². The summed E-state index contributed by atoms with van der Waals surface area (Å²) in [6.07, 6.45) is 2.40. The minimum atomic E-state index is -0.500. The van der Waals surface area contributed by atoms with Gasteiger partial charge in [-0.15, -0.1) is 10.2 Å². The molecule has 0 saturated carbocycles. The number of hydrogen-bond acceptors (Lipinski definition) is 5. The molecule has 1 aliphatic heterocycles. The highest BCUT2D eigenvalue weighted by molar-refractivity contribution is 5.80. The van der Waals surface area contributed by atoms with Crippen molar-refractivity contribution in [3.63, 3.8) is 0 Å². The Morgan fingerprint density at radius 3 is 2.93 bits per heavy atom. The van der Waals surface area contributed by atoms with Gasteiger partial charge in [0.1, 0.15) is 12.1 Å². The topological polar surface area (TPSA) is 96.1 Å². The molecule has 0 radical (unpaired) electrons. The fraction of sp³-hybridized carbons (Fsp3) is 0.579. The van der Waals surface area contributed by atoms with Gasteiger partial charge in [0.2, 0.25) is 0 Å². The molecule has 3 heterocycles.